The minimum Gasteiger partial charge on any atom is -0.463 e. The highest BCUT2D eigenvalue weighted by Gasteiger charge is 2.59. The third-order valence-electron chi connectivity index (χ3n) is 10.5. The second-order valence-corrected chi connectivity index (χ2v) is 12.0. The standard InChI is InChI=1S/C29H46O3.C2H6/c1-6-32-27(31)20(3)9-7-8-19(2)24-12-13-25-23-11-10-21-18-22(30)14-16-28(21,4)26(23)15-17-29(24,25)5;1-2/h9-10,19,22-26,30H,6-8,11-18H2,1-5H3;1-2H3/b20-9+;. The van der Waals surface area contributed by atoms with Gasteiger partial charge < -0.3 is 9.84 Å². The Morgan fingerprint density at radius 1 is 1.18 bits per heavy atom. The van der Waals surface area contributed by atoms with E-state index in [-0.39, 0.29) is 12.1 Å². The zero-order chi connectivity index (χ0) is 25.1. The molecule has 0 aromatic carbocycles. The smallest absolute Gasteiger partial charge is 0.333 e. The number of aliphatic hydroxyl groups excluding tert-OH is 1. The van der Waals surface area contributed by atoms with E-state index in [1.807, 2.05) is 27.7 Å². The van der Waals surface area contributed by atoms with Crippen molar-refractivity contribution in [3.8, 4) is 0 Å². The molecule has 8 unspecified atom stereocenters. The Kier molecular flexibility index (Phi) is 9.15. The van der Waals surface area contributed by atoms with Crippen LogP contribution in [0.5, 0.6) is 0 Å². The molecule has 3 fully saturated rings. The average molecular weight is 473 g/mol. The summed E-state index contributed by atoms with van der Waals surface area (Å²) in [6.45, 7) is 15.8. The van der Waals surface area contributed by atoms with Crippen molar-refractivity contribution in [2.45, 2.75) is 119 Å². The molecular weight excluding hydrogens is 420 g/mol. The quantitative estimate of drug-likeness (QED) is 0.243. The van der Waals surface area contributed by atoms with Crippen LogP contribution in [0.2, 0.25) is 0 Å². The maximum absolute atomic E-state index is 11.9. The second-order valence-electron chi connectivity index (χ2n) is 12.0. The summed E-state index contributed by atoms with van der Waals surface area (Å²) in [4.78, 5) is 11.9. The van der Waals surface area contributed by atoms with Crippen LogP contribution in [0.1, 0.15) is 113 Å². The summed E-state index contributed by atoms with van der Waals surface area (Å²) in [5.41, 5.74) is 3.14. The van der Waals surface area contributed by atoms with E-state index in [2.05, 4.69) is 32.9 Å². The first-order valence-electron chi connectivity index (χ1n) is 14.4. The molecule has 0 bridgehead atoms. The zero-order valence-electron chi connectivity index (χ0n) is 23.2. The molecule has 34 heavy (non-hydrogen) atoms. The molecule has 0 heterocycles. The van der Waals surface area contributed by atoms with Crippen LogP contribution < -0.4 is 0 Å². The number of carbonyl (C=O) groups excluding carboxylic acids is 1. The van der Waals surface area contributed by atoms with Crippen LogP contribution in [0.25, 0.3) is 0 Å². The van der Waals surface area contributed by atoms with Crippen molar-refractivity contribution in [1.82, 2.24) is 0 Å². The van der Waals surface area contributed by atoms with Gasteiger partial charge in [0, 0.05) is 5.57 Å². The van der Waals surface area contributed by atoms with E-state index in [0.29, 0.717) is 23.4 Å². The van der Waals surface area contributed by atoms with Crippen molar-refractivity contribution in [3.05, 3.63) is 23.3 Å². The first kappa shape index (κ1) is 27.5. The van der Waals surface area contributed by atoms with Gasteiger partial charge in [-0.25, -0.2) is 4.79 Å². The molecule has 194 valence electrons. The highest BCUT2D eigenvalue weighted by atomic mass is 16.5. The lowest BCUT2D eigenvalue weighted by molar-refractivity contribution is -0.138. The van der Waals surface area contributed by atoms with Crippen molar-refractivity contribution in [2.75, 3.05) is 6.61 Å². The molecule has 1 N–H and O–H groups in total. The van der Waals surface area contributed by atoms with E-state index >= 15 is 0 Å². The number of aliphatic hydroxyl groups is 1. The highest BCUT2D eigenvalue weighted by molar-refractivity contribution is 5.87. The fourth-order valence-corrected chi connectivity index (χ4v) is 8.71. The van der Waals surface area contributed by atoms with Crippen molar-refractivity contribution >= 4 is 5.97 Å². The van der Waals surface area contributed by atoms with E-state index in [0.717, 1.165) is 54.9 Å². The summed E-state index contributed by atoms with van der Waals surface area (Å²) in [5, 5.41) is 10.2. The molecule has 4 rings (SSSR count). The summed E-state index contributed by atoms with van der Waals surface area (Å²) in [7, 11) is 0. The molecule has 3 heteroatoms. The summed E-state index contributed by atoms with van der Waals surface area (Å²) in [6, 6.07) is 0. The second kappa shape index (κ2) is 11.3. The van der Waals surface area contributed by atoms with Crippen LogP contribution in [0, 0.1) is 40.4 Å². The molecule has 0 saturated heterocycles. The Morgan fingerprint density at radius 3 is 2.62 bits per heavy atom. The van der Waals surface area contributed by atoms with Crippen molar-refractivity contribution < 1.29 is 14.6 Å². The molecule has 3 nitrogen and oxygen atoms in total. The summed E-state index contributed by atoms with van der Waals surface area (Å²) >= 11 is 0. The summed E-state index contributed by atoms with van der Waals surface area (Å²) in [5.74, 6) is 3.84. The predicted molar refractivity (Wildman–Crippen MR) is 141 cm³/mol. The molecule has 0 amide bonds. The minimum atomic E-state index is -0.167. The highest BCUT2D eigenvalue weighted by Crippen LogP contribution is 2.67. The number of hydrogen-bond acceptors (Lipinski definition) is 3. The van der Waals surface area contributed by atoms with Crippen LogP contribution in [-0.2, 0) is 9.53 Å². The van der Waals surface area contributed by atoms with Crippen LogP contribution in [0.3, 0.4) is 0 Å². The fourth-order valence-electron chi connectivity index (χ4n) is 8.71. The van der Waals surface area contributed by atoms with E-state index in [4.69, 9.17) is 4.74 Å². The van der Waals surface area contributed by atoms with Gasteiger partial charge in [0.1, 0.15) is 0 Å². The number of carbonyl (C=O) groups is 1. The van der Waals surface area contributed by atoms with Gasteiger partial charge >= 0.3 is 5.97 Å². The minimum absolute atomic E-state index is 0.113. The molecule has 4 aliphatic rings. The van der Waals surface area contributed by atoms with Gasteiger partial charge in [-0.05, 0) is 118 Å². The lowest BCUT2D eigenvalue weighted by Gasteiger charge is -2.58. The molecule has 0 aromatic heterocycles. The van der Waals surface area contributed by atoms with Crippen molar-refractivity contribution in [2.24, 2.45) is 40.4 Å². The van der Waals surface area contributed by atoms with Gasteiger partial charge in [-0.15, -0.1) is 0 Å². The summed E-state index contributed by atoms with van der Waals surface area (Å²) < 4.78 is 5.12. The van der Waals surface area contributed by atoms with Crippen LogP contribution in [0.15, 0.2) is 23.3 Å². The van der Waals surface area contributed by atoms with Crippen molar-refractivity contribution in [1.29, 1.82) is 0 Å². The Labute approximate surface area is 209 Å². The fraction of sp³-hybridized carbons (Fsp3) is 0.839. The third-order valence-corrected chi connectivity index (χ3v) is 10.5. The van der Waals surface area contributed by atoms with Gasteiger partial charge in [0.25, 0.3) is 0 Å². The average Bonchev–Trinajstić information content (AvgIpc) is 3.18. The predicted octanol–water partition coefficient (Wildman–Crippen LogP) is 7.88. The lowest BCUT2D eigenvalue weighted by atomic mass is 9.47. The molecule has 4 aliphatic carbocycles. The first-order chi connectivity index (χ1) is 16.2. The number of fused-ring (bicyclic) bond motifs is 5. The number of rotatable bonds is 6. The molecule has 0 spiro atoms. The van der Waals surface area contributed by atoms with E-state index in [1.165, 1.54) is 38.5 Å². The Bertz CT molecular complexity index is 767. The normalized spacial score (nSPS) is 40.1. The van der Waals surface area contributed by atoms with Crippen LogP contribution >= 0.6 is 0 Å². The molecule has 8 atom stereocenters. The number of esters is 1. The van der Waals surface area contributed by atoms with Gasteiger partial charge in [0.2, 0.25) is 0 Å². The van der Waals surface area contributed by atoms with Crippen LogP contribution in [0.4, 0.5) is 0 Å². The lowest BCUT2D eigenvalue weighted by Crippen LogP contribution is -2.50. The molecule has 3 saturated carbocycles. The van der Waals surface area contributed by atoms with Gasteiger partial charge in [-0.2, -0.15) is 0 Å². The number of allylic oxidation sites excluding steroid dienone is 2. The maximum atomic E-state index is 11.9. The monoisotopic (exact) mass is 472 g/mol. The van der Waals surface area contributed by atoms with Gasteiger partial charge in [0.15, 0.2) is 0 Å². The van der Waals surface area contributed by atoms with Crippen molar-refractivity contribution in [3.63, 3.8) is 0 Å². The number of hydrogen-bond donors (Lipinski definition) is 1. The Balaban J connectivity index is 0.00000158. The van der Waals surface area contributed by atoms with Crippen LogP contribution in [-0.4, -0.2) is 23.8 Å². The first-order valence-corrected chi connectivity index (χ1v) is 14.4. The van der Waals surface area contributed by atoms with Gasteiger partial charge in [0.05, 0.1) is 12.7 Å². The van der Waals surface area contributed by atoms with E-state index in [9.17, 15) is 9.90 Å². The third kappa shape index (κ3) is 5.06. The number of ether oxygens (including phenoxy) is 1. The Morgan fingerprint density at radius 2 is 1.91 bits per heavy atom. The zero-order valence-corrected chi connectivity index (χ0v) is 23.2. The summed E-state index contributed by atoms with van der Waals surface area (Å²) in [6.07, 6.45) is 16.5. The molecule has 0 radical (unpaired) electrons. The molecule has 0 aromatic rings. The maximum Gasteiger partial charge on any atom is 0.333 e. The molecule has 0 aliphatic heterocycles. The van der Waals surface area contributed by atoms with E-state index in [1.54, 1.807) is 5.57 Å². The van der Waals surface area contributed by atoms with Gasteiger partial charge in [-0.3, -0.25) is 0 Å². The SMILES string of the molecule is CC.CCOC(=O)/C(C)=C/CCC(C)C1CCC2C3CC=C4CC(O)CCC4(C)C3CCC12C. The Hall–Kier alpha value is -1.09. The topological polar surface area (TPSA) is 46.5 Å². The van der Waals surface area contributed by atoms with Gasteiger partial charge in [-0.1, -0.05) is 52.3 Å². The largest absolute Gasteiger partial charge is 0.463 e. The van der Waals surface area contributed by atoms with E-state index < -0.39 is 0 Å². The molecular formula is C31H52O3.